The van der Waals surface area contributed by atoms with E-state index in [0.717, 1.165) is 49.6 Å². The highest BCUT2D eigenvalue weighted by Gasteiger charge is 2.23. The first-order valence-electron chi connectivity index (χ1n) is 10.3. The minimum atomic E-state index is -0.219. The number of nitrogens with zero attached hydrogens (tertiary/aromatic N) is 2. The molecule has 28 heavy (non-hydrogen) atoms. The van der Waals surface area contributed by atoms with Crippen molar-refractivity contribution >= 4 is 11.9 Å². The third-order valence-corrected chi connectivity index (χ3v) is 4.72. The van der Waals surface area contributed by atoms with Crippen molar-refractivity contribution in [3.8, 4) is 0 Å². The molecule has 1 heterocycles. The molecule has 0 aromatic heterocycles. The highest BCUT2D eigenvalue weighted by atomic mass is 16.5. The van der Waals surface area contributed by atoms with Crippen LogP contribution in [0.2, 0.25) is 0 Å². The summed E-state index contributed by atoms with van der Waals surface area (Å²) in [4.78, 5) is 18.4. The number of amides is 1. The molecule has 0 bridgehead atoms. The maximum atomic E-state index is 11.3. The molecule has 1 aromatic carbocycles. The highest BCUT2D eigenvalue weighted by Crippen LogP contribution is 2.20. The lowest BCUT2D eigenvalue weighted by Crippen LogP contribution is -2.47. The lowest BCUT2D eigenvalue weighted by atomic mass is 9.95. The van der Waals surface area contributed by atoms with E-state index in [-0.39, 0.29) is 11.5 Å². The van der Waals surface area contributed by atoms with Crippen LogP contribution in [0.15, 0.2) is 29.3 Å². The Bertz CT molecular complexity index is 667. The first-order valence-corrected chi connectivity index (χ1v) is 10.3. The normalized spacial score (nSPS) is 18.2. The quantitative estimate of drug-likeness (QED) is 0.556. The molecule has 6 heteroatoms. The number of rotatable bonds is 7. The summed E-state index contributed by atoms with van der Waals surface area (Å²) in [5, 5.41) is 3.39. The molecule has 1 aliphatic heterocycles. The van der Waals surface area contributed by atoms with Gasteiger partial charge in [0.05, 0.1) is 18.8 Å². The molecule has 3 N–H and O–H groups in total. The van der Waals surface area contributed by atoms with Crippen molar-refractivity contribution in [2.24, 2.45) is 16.6 Å². The van der Waals surface area contributed by atoms with Crippen LogP contribution in [0.1, 0.15) is 58.1 Å². The van der Waals surface area contributed by atoms with Gasteiger partial charge in [-0.05, 0) is 57.6 Å². The number of nitrogens with one attached hydrogen (secondary N) is 1. The second kappa shape index (κ2) is 10.5. The van der Waals surface area contributed by atoms with Crippen LogP contribution in [0, 0.1) is 5.92 Å². The van der Waals surface area contributed by atoms with Crippen molar-refractivity contribution in [1.29, 1.82) is 0 Å². The van der Waals surface area contributed by atoms with E-state index in [1.807, 2.05) is 0 Å². The number of nitrogens with two attached hydrogens (primary N) is 1. The standard InChI is InChI=1S/C22H36N4O2/c1-5-24-21(26-11-7-10-18(15-26)13-20(23)27)25-14-17-8-6-9-19(12-17)16-28-22(2,3)4/h6,8-9,12,18H,5,7,10-11,13-16H2,1-4H3,(H2,23,27)(H,24,25). The largest absolute Gasteiger partial charge is 0.371 e. The number of ether oxygens (including phenoxy) is 1. The molecular formula is C22H36N4O2. The number of carbonyl (C=O) groups is 1. The van der Waals surface area contributed by atoms with Crippen LogP contribution in [-0.4, -0.2) is 42.0 Å². The number of piperidine rings is 1. The van der Waals surface area contributed by atoms with Gasteiger partial charge in [-0.3, -0.25) is 4.79 Å². The van der Waals surface area contributed by atoms with E-state index in [2.05, 4.69) is 62.2 Å². The Balaban J connectivity index is 2.03. The SMILES string of the molecule is CCNC(=NCc1cccc(COC(C)(C)C)c1)N1CCCC(CC(N)=O)C1. The van der Waals surface area contributed by atoms with Crippen LogP contribution in [0.4, 0.5) is 0 Å². The van der Waals surface area contributed by atoms with Crippen molar-refractivity contribution in [3.63, 3.8) is 0 Å². The smallest absolute Gasteiger partial charge is 0.217 e. The van der Waals surface area contributed by atoms with E-state index < -0.39 is 0 Å². The van der Waals surface area contributed by atoms with Crippen LogP contribution in [-0.2, 0) is 22.7 Å². The summed E-state index contributed by atoms with van der Waals surface area (Å²) in [6, 6.07) is 8.40. The van der Waals surface area contributed by atoms with Crippen molar-refractivity contribution in [1.82, 2.24) is 10.2 Å². The van der Waals surface area contributed by atoms with Gasteiger partial charge in [0.15, 0.2) is 5.96 Å². The summed E-state index contributed by atoms with van der Waals surface area (Å²) in [5.41, 5.74) is 7.56. The molecule has 156 valence electrons. The van der Waals surface area contributed by atoms with E-state index in [1.54, 1.807) is 0 Å². The van der Waals surface area contributed by atoms with Crippen LogP contribution >= 0.6 is 0 Å². The number of likely N-dealkylation sites (tertiary alicyclic amines) is 1. The van der Waals surface area contributed by atoms with Gasteiger partial charge in [-0.1, -0.05) is 24.3 Å². The summed E-state index contributed by atoms with van der Waals surface area (Å²) in [6.07, 6.45) is 2.56. The Morgan fingerprint density at radius 3 is 2.79 bits per heavy atom. The highest BCUT2D eigenvalue weighted by molar-refractivity contribution is 5.80. The Morgan fingerprint density at radius 1 is 1.36 bits per heavy atom. The second-order valence-electron chi connectivity index (χ2n) is 8.52. The zero-order valence-corrected chi connectivity index (χ0v) is 17.8. The zero-order valence-electron chi connectivity index (χ0n) is 17.8. The minimum Gasteiger partial charge on any atom is -0.371 e. The Morgan fingerprint density at radius 2 is 2.11 bits per heavy atom. The molecule has 1 atom stereocenters. The predicted octanol–water partition coefficient (Wildman–Crippen LogP) is 3.05. The average Bonchev–Trinajstić information content (AvgIpc) is 2.63. The first kappa shape index (κ1) is 22.2. The predicted molar refractivity (Wildman–Crippen MR) is 114 cm³/mol. The molecule has 1 aliphatic rings. The number of benzene rings is 1. The molecule has 1 amide bonds. The summed E-state index contributed by atoms with van der Waals surface area (Å²) >= 11 is 0. The van der Waals surface area contributed by atoms with E-state index in [9.17, 15) is 4.79 Å². The molecule has 0 saturated carbocycles. The zero-order chi connectivity index (χ0) is 20.6. The number of carbonyl (C=O) groups excluding carboxylic acids is 1. The maximum absolute atomic E-state index is 11.3. The lowest BCUT2D eigenvalue weighted by Gasteiger charge is -2.34. The van der Waals surface area contributed by atoms with E-state index >= 15 is 0 Å². The Hall–Kier alpha value is -2.08. The van der Waals surface area contributed by atoms with Gasteiger partial charge in [0.1, 0.15) is 0 Å². The van der Waals surface area contributed by atoms with Crippen LogP contribution in [0.25, 0.3) is 0 Å². The Labute approximate surface area is 169 Å². The molecule has 1 aromatic rings. The summed E-state index contributed by atoms with van der Waals surface area (Å²) < 4.78 is 5.88. The number of primary amides is 1. The lowest BCUT2D eigenvalue weighted by molar-refractivity contribution is -0.119. The number of hydrogen-bond acceptors (Lipinski definition) is 3. The average molecular weight is 389 g/mol. The fourth-order valence-electron chi connectivity index (χ4n) is 3.42. The van der Waals surface area contributed by atoms with E-state index in [0.29, 0.717) is 25.5 Å². The summed E-state index contributed by atoms with van der Waals surface area (Å²) in [5.74, 6) is 1.00. The van der Waals surface area contributed by atoms with Gasteiger partial charge in [0, 0.05) is 26.1 Å². The van der Waals surface area contributed by atoms with Crippen LogP contribution < -0.4 is 11.1 Å². The number of aliphatic imine (C=N–C) groups is 1. The van der Waals surface area contributed by atoms with Gasteiger partial charge < -0.3 is 20.7 Å². The van der Waals surface area contributed by atoms with Gasteiger partial charge in [-0.2, -0.15) is 0 Å². The second-order valence-corrected chi connectivity index (χ2v) is 8.52. The van der Waals surface area contributed by atoms with Crippen molar-refractivity contribution in [2.75, 3.05) is 19.6 Å². The first-order chi connectivity index (χ1) is 13.3. The van der Waals surface area contributed by atoms with E-state index in [4.69, 9.17) is 15.5 Å². The van der Waals surface area contributed by atoms with Gasteiger partial charge in [0.2, 0.25) is 5.91 Å². The molecule has 6 nitrogen and oxygen atoms in total. The number of hydrogen-bond donors (Lipinski definition) is 2. The molecule has 2 rings (SSSR count). The molecule has 0 spiro atoms. The van der Waals surface area contributed by atoms with Crippen molar-refractivity contribution in [3.05, 3.63) is 35.4 Å². The van der Waals surface area contributed by atoms with Crippen LogP contribution in [0.3, 0.4) is 0 Å². The molecule has 1 fully saturated rings. The van der Waals surface area contributed by atoms with E-state index in [1.165, 1.54) is 0 Å². The third-order valence-electron chi connectivity index (χ3n) is 4.72. The fourth-order valence-corrected chi connectivity index (χ4v) is 3.42. The number of guanidine groups is 1. The van der Waals surface area contributed by atoms with Crippen molar-refractivity contribution in [2.45, 2.75) is 65.7 Å². The molecule has 1 saturated heterocycles. The molecule has 1 unspecified atom stereocenters. The Kier molecular flexibility index (Phi) is 8.30. The van der Waals surface area contributed by atoms with Gasteiger partial charge in [0.25, 0.3) is 0 Å². The minimum absolute atomic E-state index is 0.151. The molecular weight excluding hydrogens is 352 g/mol. The maximum Gasteiger partial charge on any atom is 0.217 e. The monoisotopic (exact) mass is 388 g/mol. The van der Waals surface area contributed by atoms with Crippen molar-refractivity contribution < 1.29 is 9.53 Å². The van der Waals surface area contributed by atoms with Gasteiger partial charge in [-0.15, -0.1) is 0 Å². The van der Waals surface area contributed by atoms with Gasteiger partial charge in [-0.25, -0.2) is 4.99 Å². The van der Waals surface area contributed by atoms with Crippen LogP contribution in [0.5, 0.6) is 0 Å². The summed E-state index contributed by atoms with van der Waals surface area (Å²) in [7, 11) is 0. The van der Waals surface area contributed by atoms with Gasteiger partial charge >= 0.3 is 0 Å². The summed E-state index contributed by atoms with van der Waals surface area (Å²) in [6.45, 7) is 12.1. The molecule has 0 radical (unpaired) electrons. The third kappa shape index (κ3) is 7.89. The molecule has 0 aliphatic carbocycles. The fraction of sp³-hybridized carbons (Fsp3) is 0.636. The topological polar surface area (TPSA) is 80.0 Å².